The van der Waals surface area contributed by atoms with Gasteiger partial charge >= 0.3 is 0 Å². The van der Waals surface area contributed by atoms with Gasteiger partial charge in [-0.05, 0) is 18.2 Å². The highest BCUT2D eigenvalue weighted by molar-refractivity contribution is 8.24. The highest BCUT2D eigenvalue weighted by Gasteiger charge is 2.38. The number of nitrogens with zero attached hydrogens (tertiary/aromatic N) is 2. The number of carbonyl (C=O) groups excluding carboxylic acids is 2. The van der Waals surface area contributed by atoms with Crippen LogP contribution in [-0.4, -0.2) is 43.0 Å². The van der Waals surface area contributed by atoms with Crippen LogP contribution in [0.5, 0.6) is 5.75 Å². The highest BCUT2D eigenvalue weighted by atomic mass is 32.2. The maximum Gasteiger partial charge on any atom is 0.273 e. The fraction of sp³-hybridized carbons (Fsp3) is 0.118. The number of aromatic hydroxyl groups is 1. The minimum Gasteiger partial charge on any atom is -0.507 e. The molecule has 0 spiro atoms. The average Bonchev–Trinajstić information content (AvgIpc) is 2.94. The Balaban J connectivity index is 1.63. The van der Waals surface area contributed by atoms with E-state index in [-0.39, 0.29) is 27.9 Å². The number of carbonyl (C=O) groups is 2. The number of nitro groups is 1. The molecule has 1 aliphatic heterocycles. The molecule has 9 nitrogen and oxygen atoms in total. The summed E-state index contributed by atoms with van der Waals surface area (Å²) in [6.45, 7) is 0.160. The molecule has 1 fully saturated rings. The molecule has 2 amide bonds. The maximum atomic E-state index is 12.6. The summed E-state index contributed by atoms with van der Waals surface area (Å²) in [5.74, 6) is -1.31. The highest BCUT2D eigenvalue weighted by Crippen LogP contribution is 2.27. The fourth-order valence-electron chi connectivity index (χ4n) is 2.46. The molecule has 144 valence electrons. The summed E-state index contributed by atoms with van der Waals surface area (Å²) in [5, 5.41) is 23.9. The van der Waals surface area contributed by atoms with Crippen molar-refractivity contribution in [1.29, 1.82) is 0 Å². The number of thioether (sulfide) groups is 1. The Bertz CT molecular complexity index is 968. The van der Waals surface area contributed by atoms with Gasteiger partial charge in [-0.25, -0.2) is 5.01 Å². The molecule has 2 aromatic carbocycles. The number of hydrogen-bond donors (Lipinski definition) is 3. The van der Waals surface area contributed by atoms with Crippen LogP contribution in [0.4, 0.5) is 11.4 Å². The number of anilines is 1. The van der Waals surface area contributed by atoms with Gasteiger partial charge in [0, 0.05) is 24.4 Å². The summed E-state index contributed by atoms with van der Waals surface area (Å²) >= 11 is 6.24. The van der Waals surface area contributed by atoms with E-state index in [4.69, 9.17) is 12.2 Å². The fourth-order valence-corrected chi connectivity index (χ4v) is 3.80. The molecule has 0 bridgehead atoms. The normalized spacial score (nSPS) is 16.1. The van der Waals surface area contributed by atoms with E-state index in [2.05, 4.69) is 10.7 Å². The molecule has 2 aromatic rings. The van der Waals surface area contributed by atoms with Crippen molar-refractivity contribution in [3.05, 3.63) is 64.2 Å². The molecule has 1 heterocycles. The van der Waals surface area contributed by atoms with Gasteiger partial charge in [-0.15, -0.1) is 0 Å². The molecule has 1 saturated heterocycles. The van der Waals surface area contributed by atoms with E-state index in [0.717, 1.165) is 16.8 Å². The quantitative estimate of drug-likeness (QED) is 0.371. The molecular formula is C17H14N4O5S2. The molecule has 1 unspecified atom stereocenters. The van der Waals surface area contributed by atoms with Crippen LogP contribution in [0.1, 0.15) is 10.4 Å². The Morgan fingerprint density at radius 3 is 2.75 bits per heavy atom. The monoisotopic (exact) mass is 418 g/mol. The lowest BCUT2D eigenvalue weighted by Crippen LogP contribution is -2.46. The number of hydrazine groups is 1. The second-order valence-electron chi connectivity index (χ2n) is 5.69. The predicted octanol–water partition coefficient (Wildman–Crippen LogP) is 2.29. The Morgan fingerprint density at radius 1 is 1.29 bits per heavy atom. The second kappa shape index (κ2) is 8.23. The van der Waals surface area contributed by atoms with E-state index in [1.165, 1.54) is 30.3 Å². The maximum absolute atomic E-state index is 12.6. The zero-order valence-electron chi connectivity index (χ0n) is 14.2. The molecule has 0 aliphatic carbocycles. The van der Waals surface area contributed by atoms with Crippen molar-refractivity contribution in [1.82, 2.24) is 10.4 Å². The lowest BCUT2D eigenvalue weighted by atomic mass is 10.2. The van der Waals surface area contributed by atoms with Gasteiger partial charge in [-0.1, -0.05) is 42.2 Å². The number of hydrogen-bond acceptors (Lipinski definition) is 8. The van der Waals surface area contributed by atoms with Gasteiger partial charge in [-0.3, -0.25) is 25.1 Å². The number of rotatable bonds is 6. The van der Waals surface area contributed by atoms with Crippen molar-refractivity contribution < 1.29 is 19.6 Å². The van der Waals surface area contributed by atoms with Gasteiger partial charge in [-0.2, -0.15) is 0 Å². The third kappa shape index (κ3) is 4.21. The molecule has 28 heavy (non-hydrogen) atoms. The molecule has 3 N–H and O–H groups in total. The summed E-state index contributed by atoms with van der Waals surface area (Å²) in [6.07, 6.45) is 0. The number of amides is 2. The van der Waals surface area contributed by atoms with Crippen molar-refractivity contribution >= 4 is 51.5 Å². The third-order valence-corrected chi connectivity index (χ3v) is 5.34. The number of phenolic OH excluding ortho intramolecular Hbond substituents is 1. The van der Waals surface area contributed by atoms with Crippen LogP contribution >= 0.6 is 24.0 Å². The van der Waals surface area contributed by atoms with E-state index in [1.807, 2.05) is 0 Å². The van der Waals surface area contributed by atoms with Crippen LogP contribution in [0.3, 0.4) is 0 Å². The SMILES string of the molecule is O=C(NN1C(=O)C(CNc2cccc([N+](=O)[O-])c2)SC1=S)c1ccccc1O. The van der Waals surface area contributed by atoms with Crippen molar-refractivity contribution in [2.75, 3.05) is 11.9 Å². The van der Waals surface area contributed by atoms with Gasteiger partial charge in [0.2, 0.25) is 0 Å². The topological polar surface area (TPSA) is 125 Å². The van der Waals surface area contributed by atoms with Gasteiger partial charge in [0.1, 0.15) is 11.0 Å². The first-order chi connectivity index (χ1) is 13.4. The van der Waals surface area contributed by atoms with Crippen molar-refractivity contribution in [3.8, 4) is 5.75 Å². The van der Waals surface area contributed by atoms with E-state index in [0.29, 0.717) is 5.69 Å². The van der Waals surface area contributed by atoms with Crippen LogP contribution in [0.15, 0.2) is 48.5 Å². The van der Waals surface area contributed by atoms with E-state index < -0.39 is 22.0 Å². The van der Waals surface area contributed by atoms with Crippen molar-refractivity contribution in [3.63, 3.8) is 0 Å². The average molecular weight is 418 g/mol. The van der Waals surface area contributed by atoms with E-state index in [9.17, 15) is 24.8 Å². The number of nitro benzene ring substituents is 1. The van der Waals surface area contributed by atoms with Crippen LogP contribution in [0.25, 0.3) is 0 Å². The third-order valence-electron chi connectivity index (χ3n) is 3.83. The Morgan fingerprint density at radius 2 is 2.04 bits per heavy atom. The first-order valence-corrected chi connectivity index (χ1v) is 9.27. The lowest BCUT2D eigenvalue weighted by Gasteiger charge is -2.17. The first-order valence-electron chi connectivity index (χ1n) is 7.98. The van der Waals surface area contributed by atoms with Crippen LogP contribution in [0, 0.1) is 10.1 Å². The summed E-state index contributed by atoms with van der Waals surface area (Å²) in [5.41, 5.74) is 2.83. The second-order valence-corrected chi connectivity index (χ2v) is 7.53. The smallest absolute Gasteiger partial charge is 0.273 e. The molecule has 1 atom stereocenters. The van der Waals surface area contributed by atoms with Crippen molar-refractivity contribution in [2.45, 2.75) is 5.25 Å². The zero-order chi connectivity index (χ0) is 20.3. The van der Waals surface area contributed by atoms with Crippen LogP contribution < -0.4 is 10.7 Å². The minimum atomic E-state index is -0.665. The molecule has 1 aliphatic rings. The van der Waals surface area contributed by atoms with Gasteiger partial charge in [0.15, 0.2) is 4.32 Å². The number of para-hydroxylation sites is 1. The number of nitrogens with one attached hydrogen (secondary N) is 2. The van der Waals surface area contributed by atoms with Crippen LogP contribution in [-0.2, 0) is 4.79 Å². The first kappa shape index (κ1) is 19.6. The Labute approximate surface area is 168 Å². The molecule has 3 rings (SSSR count). The molecule has 11 heteroatoms. The minimum absolute atomic E-state index is 0.0151. The van der Waals surface area contributed by atoms with E-state index >= 15 is 0 Å². The summed E-state index contributed by atoms with van der Waals surface area (Å²) in [4.78, 5) is 35.2. The van der Waals surface area contributed by atoms with Gasteiger partial charge < -0.3 is 10.4 Å². The molecule has 0 aromatic heterocycles. The summed E-state index contributed by atoms with van der Waals surface area (Å²) in [7, 11) is 0. The predicted molar refractivity (Wildman–Crippen MR) is 108 cm³/mol. The van der Waals surface area contributed by atoms with Gasteiger partial charge in [0.05, 0.1) is 10.5 Å². The number of phenols is 1. The zero-order valence-corrected chi connectivity index (χ0v) is 15.8. The molecule has 0 radical (unpaired) electrons. The molecular weight excluding hydrogens is 404 g/mol. The van der Waals surface area contributed by atoms with Crippen LogP contribution in [0.2, 0.25) is 0 Å². The molecule has 0 saturated carbocycles. The number of thiocarbonyl (C=S) groups is 1. The number of non-ortho nitro benzene ring substituents is 1. The van der Waals surface area contributed by atoms with Crippen molar-refractivity contribution in [2.24, 2.45) is 0 Å². The summed E-state index contributed by atoms with van der Waals surface area (Å²) < 4.78 is 0.166. The number of benzene rings is 2. The van der Waals surface area contributed by atoms with E-state index in [1.54, 1.807) is 18.2 Å². The Hall–Kier alpha value is -3.18. The lowest BCUT2D eigenvalue weighted by molar-refractivity contribution is -0.384. The standard InChI is InChI=1S/C17H14N4O5S2/c22-13-7-2-1-6-12(13)15(23)19-20-16(24)14(28-17(20)27)9-18-10-4-3-5-11(8-10)21(25)26/h1-8,14,18,22H,9H2,(H,19,23). The van der Waals surface area contributed by atoms with Gasteiger partial charge in [0.25, 0.3) is 17.5 Å². The summed E-state index contributed by atoms with van der Waals surface area (Å²) in [6, 6.07) is 11.8. The largest absolute Gasteiger partial charge is 0.507 e. The Kier molecular flexibility index (Phi) is 5.76.